The molecule has 0 saturated heterocycles. The third kappa shape index (κ3) is 4.14. The Hall–Kier alpha value is -2.54. The van der Waals surface area contributed by atoms with Crippen molar-refractivity contribution in [1.82, 2.24) is 0 Å². The fraction of sp³-hybridized carbons (Fsp3) is 0.0500. The molecule has 0 fully saturated rings. The number of carbonyl (C=O) groups is 1. The summed E-state index contributed by atoms with van der Waals surface area (Å²) in [5.74, 6) is -0.468. The Morgan fingerprint density at radius 2 is 1.54 bits per heavy atom. The number of amides is 1. The number of hydrogen-bond acceptors (Lipinski definition) is 3. The number of rotatable bonds is 5. The standard InChI is InChI=1S/C20H16Cl2N2O3S/c1-24(28(26,27)15-7-3-2-4-8-15)19-10-6-5-9-16(19)20(25)23-14-11-12-17(21)18(22)13-14/h2-13H,1H3,(H,23,25). The van der Waals surface area contributed by atoms with Crippen LogP contribution in [0.1, 0.15) is 10.4 Å². The minimum absolute atomic E-state index is 0.136. The molecule has 0 saturated carbocycles. The number of para-hydroxylation sites is 1. The molecule has 3 aromatic carbocycles. The van der Waals surface area contributed by atoms with Crippen LogP contribution >= 0.6 is 23.2 Å². The lowest BCUT2D eigenvalue weighted by Gasteiger charge is -2.22. The highest BCUT2D eigenvalue weighted by Crippen LogP contribution is 2.28. The molecule has 1 amide bonds. The van der Waals surface area contributed by atoms with Crippen molar-refractivity contribution in [1.29, 1.82) is 0 Å². The fourth-order valence-electron chi connectivity index (χ4n) is 2.59. The third-order valence-electron chi connectivity index (χ3n) is 4.07. The van der Waals surface area contributed by atoms with Gasteiger partial charge in [-0.3, -0.25) is 9.10 Å². The zero-order valence-corrected chi connectivity index (χ0v) is 17.1. The zero-order valence-electron chi connectivity index (χ0n) is 14.8. The van der Waals surface area contributed by atoms with E-state index in [0.717, 1.165) is 4.31 Å². The molecule has 28 heavy (non-hydrogen) atoms. The zero-order chi connectivity index (χ0) is 20.3. The van der Waals surface area contributed by atoms with Gasteiger partial charge in [-0.15, -0.1) is 0 Å². The molecule has 3 aromatic rings. The first-order valence-corrected chi connectivity index (χ1v) is 10.4. The molecule has 3 rings (SSSR count). The van der Waals surface area contributed by atoms with E-state index < -0.39 is 15.9 Å². The number of nitrogens with one attached hydrogen (secondary N) is 1. The molecular formula is C20H16Cl2N2O3S. The molecule has 144 valence electrons. The minimum Gasteiger partial charge on any atom is -0.322 e. The summed E-state index contributed by atoms with van der Waals surface area (Å²) in [5.41, 5.74) is 0.905. The van der Waals surface area contributed by atoms with Crippen LogP contribution in [0.5, 0.6) is 0 Å². The molecule has 5 nitrogen and oxygen atoms in total. The molecule has 0 heterocycles. The van der Waals surface area contributed by atoms with E-state index >= 15 is 0 Å². The summed E-state index contributed by atoms with van der Waals surface area (Å²) in [4.78, 5) is 12.9. The normalized spacial score (nSPS) is 11.1. The molecule has 0 aliphatic heterocycles. The van der Waals surface area contributed by atoms with Gasteiger partial charge in [0, 0.05) is 12.7 Å². The van der Waals surface area contributed by atoms with Crippen molar-refractivity contribution in [2.24, 2.45) is 0 Å². The number of benzene rings is 3. The summed E-state index contributed by atoms with van der Waals surface area (Å²) in [6.07, 6.45) is 0. The maximum absolute atomic E-state index is 12.9. The summed E-state index contributed by atoms with van der Waals surface area (Å²) >= 11 is 11.9. The first-order chi connectivity index (χ1) is 13.3. The highest BCUT2D eigenvalue weighted by Gasteiger charge is 2.24. The molecule has 0 aliphatic rings. The Morgan fingerprint density at radius 3 is 2.21 bits per heavy atom. The van der Waals surface area contributed by atoms with E-state index in [-0.39, 0.29) is 16.1 Å². The third-order valence-corrected chi connectivity index (χ3v) is 6.59. The van der Waals surface area contributed by atoms with Crippen LogP contribution in [0.25, 0.3) is 0 Å². The quantitative estimate of drug-likeness (QED) is 0.609. The number of nitrogens with zero attached hydrogens (tertiary/aromatic N) is 1. The lowest BCUT2D eigenvalue weighted by molar-refractivity contribution is 0.102. The highest BCUT2D eigenvalue weighted by atomic mass is 35.5. The molecule has 1 N–H and O–H groups in total. The van der Waals surface area contributed by atoms with Gasteiger partial charge in [-0.2, -0.15) is 0 Å². The number of anilines is 2. The Bertz CT molecular complexity index is 1120. The van der Waals surface area contributed by atoms with Crippen LogP contribution in [0.15, 0.2) is 77.7 Å². The highest BCUT2D eigenvalue weighted by molar-refractivity contribution is 7.92. The summed E-state index contributed by atoms with van der Waals surface area (Å²) in [6.45, 7) is 0. The van der Waals surface area contributed by atoms with Gasteiger partial charge in [0.15, 0.2) is 0 Å². The Morgan fingerprint density at radius 1 is 0.893 bits per heavy atom. The predicted molar refractivity (Wildman–Crippen MR) is 113 cm³/mol. The van der Waals surface area contributed by atoms with Crippen molar-refractivity contribution in [3.05, 3.63) is 88.4 Å². The van der Waals surface area contributed by atoms with Crippen molar-refractivity contribution >= 4 is 50.5 Å². The molecule has 0 aromatic heterocycles. The van der Waals surface area contributed by atoms with Crippen LogP contribution < -0.4 is 9.62 Å². The number of hydrogen-bond donors (Lipinski definition) is 1. The molecule has 0 atom stereocenters. The van der Waals surface area contributed by atoms with Crippen LogP contribution in [-0.2, 0) is 10.0 Å². The van der Waals surface area contributed by atoms with Crippen LogP contribution in [0, 0.1) is 0 Å². The van der Waals surface area contributed by atoms with Crippen LogP contribution in [-0.4, -0.2) is 21.4 Å². The van der Waals surface area contributed by atoms with Gasteiger partial charge in [0.05, 0.1) is 26.2 Å². The van der Waals surface area contributed by atoms with E-state index in [9.17, 15) is 13.2 Å². The maximum Gasteiger partial charge on any atom is 0.264 e. The molecule has 8 heteroatoms. The van der Waals surface area contributed by atoms with Crippen LogP contribution in [0.4, 0.5) is 11.4 Å². The molecule has 0 radical (unpaired) electrons. The lowest BCUT2D eigenvalue weighted by atomic mass is 10.1. The van der Waals surface area contributed by atoms with E-state index in [4.69, 9.17) is 23.2 Å². The second kappa shape index (κ2) is 8.22. The largest absolute Gasteiger partial charge is 0.322 e. The predicted octanol–water partition coefficient (Wildman–Crippen LogP) is 5.07. The van der Waals surface area contributed by atoms with E-state index in [0.29, 0.717) is 15.7 Å². The van der Waals surface area contributed by atoms with E-state index in [2.05, 4.69) is 5.32 Å². The van der Waals surface area contributed by atoms with Gasteiger partial charge in [-0.1, -0.05) is 53.5 Å². The minimum atomic E-state index is -3.82. The maximum atomic E-state index is 12.9. The first-order valence-electron chi connectivity index (χ1n) is 8.20. The van der Waals surface area contributed by atoms with E-state index in [1.54, 1.807) is 54.6 Å². The molecule has 0 aliphatic carbocycles. The summed E-state index contributed by atoms with van der Waals surface area (Å²) in [7, 11) is -2.41. The van der Waals surface area contributed by atoms with Crippen molar-refractivity contribution in [3.63, 3.8) is 0 Å². The number of halogens is 2. The molecule has 0 unspecified atom stereocenters. The van der Waals surface area contributed by atoms with E-state index in [1.165, 1.54) is 25.2 Å². The van der Waals surface area contributed by atoms with Crippen molar-refractivity contribution in [2.75, 3.05) is 16.7 Å². The molecular weight excluding hydrogens is 419 g/mol. The van der Waals surface area contributed by atoms with Crippen molar-refractivity contribution in [3.8, 4) is 0 Å². The Kier molecular flexibility index (Phi) is 5.93. The monoisotopic (exact) mass is 434 g/mol. The smallest absolute Gasteiger partial charge is 0.264 e. The van der Waals surface area contributed by atoms with Gasteiger partial charge in [0.25, 0.3) is 15.9 Å². The lowest BCUT2D eigenvalue weighted by Crippen LogP contribution is -2.29. The second-order valence-corrected chi connectivity index (χ2v) is 8.67. The van der Waals surface area contributed by atoms with Gasteiger partial charge >= 0.3 is 0 Å². The average Bonchev–Trinajstić information content (AvgIpc) is 2.70. The summed E-state index contributed by atoms with van der Waals surface area (Å²) in [5, 5.41) is 3.38. The average molecular weight is 435 g/mol. The molecule has 0 bridgehead atoms. The Balaban J connectivity index is 1.94. The van der Waals surface area contributed by atoms with E-state index in [1.807, 2.05) is 0 Å². The molecule has 0 spiro atoms. The van der Waals surface area contributed by atoms with Crippen molar-refractivity contribution < 1.29 is 13.2 Å². The SMILES string of the molecule is CN(c1ccccc1C(=O)Nc1ccc(Cl)c(Cl)c1)S(=O)(=O)c1ccccc1. The van der Waals surface area contributed by atoms with Gasteiger partial charge in [-0.25, -0.2) is 8.42 Å². The van der Waals surface area contributed by atoms with Gasteiger partial charge in [0.2, 0.25) is 0 Å². The van der Waals surface area contributed by atoms with Gasteiger partial charge < -0.3 is 5.32 Å². The summed E-state index contributed by atoms with van der Waals surface area (Å²) in [6, 6.07) is 19.2. The van der Waals surface area contributed by atoms with Gasteiger partial charge in [-0.05, 0) is 42.5 Å². The number of carbonyl (C=O) groups excluding carboxylic acids is 1. The topological polar surface area (TPSA) is 66.5 Å². The Labute approximate surface area is 173 Å². The van der Waals surface area contributed by atoms with Gasteiger partial charge in [0.1, 0.15) is 0 Å². The van der Waals surface area contributed by atoms with Crippen LogP contribution in [0.3, 0.4) is 0 Å². The van der Waals surface area contributed by atoms with Crippen molar-refractivity contribution in [2.45, 2.75) is 4.90 Å². The van der Waals surface area contributed by atoms with Crippen LogP contribution in [0.2, 0.25) is 10.0 Å². The number of sulfonamides is 1. The summed E-state index contributed by atoms with van der Waals surface area (Å²) < 4.78 is 26.9. The first kappa shape index (κ1) is 20.2. The fourth-order valence-corrected chi connectivity index (χ4v) is 4.13. The second-order valence-electron chi connectivity index (χ2n) is 5.89.